The van der Waals surface area contributed by atoms with E-state index in [1.165, 1.54) is 6.07 Å². The third-order valence-corrected chi connectivity index (χ3v) is 7.28. The minimum Gasteiger partial charge on any atom is -0.344 e. The van der Waals surface area contributed by atoms with Crippen molar-refractivity contribution in [3.63, 3.8) is 0 Å². The number of aromatic nitrogens is 1. The number of hydrogen-bond acceptors (Lipinski definition) is 2. The molecule has 2 fully saturated rings. The van der Waals surface area contributed by atoms with E-state index in [0.29, 0.717) is 25.3 Å². The Morgan fingerprint density at radius 1 is 0.861 bits per heavy atom. The second-order valence-corrected chi connectivity index (χ2v) is 9.93. The first-order valence-corrected chi connectivity index (χ1v) is 12.5. The van der Waals surface area contributed by atoms with Crippen molar-refractivity contribution in [3.05, 3.63) is 46.6 Å². The number of carbonyl (C=O) groups excluding carboxylic acids is 1. The lowest BCUT2D eigenvalue weighted by Gasteiger charge is -2.27. The summed E-state index contributed by atoms with van der Waals surface area (Å²) in [6, 6.07) is 3.06. The zero-order valence-corrected chi connectivity index (χ0v) is 20.2. The molecule has 1 aliphatic carbocycles. The van der Waals surface area contributed by atoms with Gasteiger partial charge in [0.05, 0.1) is 16.7 Å². The predicted molar refractivity (Wildman–Crippen MR) is 124 cm³/mol. The maximum absolute atomic E-state index is 13.6. The number of hydrogen-bond donors (Lipinski definition) is 1. The molecule has 1 aromatic heterocycles. The van der Waals surface area contributed by atoms with Crippen LogP contribution >= 0.6 is 0 Å². The molecule has 2 aliphatic rings. The van der Waals surface area contributed by atoms with E-state index >= 15 is 0 Å². The van der Waals surface area contributed by atoms with Gasteiger partial charge in [-0.2, -0.15) is 26.3 Å². The smallest absolute Gasteiger partial charge is 0.344 e. The second kappa shape index (κ2) is 10.5. The zero-order valence-electron chi connectivity index (χ0n) is 20.2. The molecule has 1 N–H and O–H groups in total. The zero-order chi connectivity index (χ0) is 26.1. The highest BCUT2D eigenvalue weighted by atomic mass is 19.4. The molecule has 0 bridgehead atoms. The monoisotopic (exact) mass is 515 g/mol. The summed E-state index contributed by atoms with van der Waals surface area (Å²) >= 11 is 0. The first-order chi connectivity index (χ1) is 16.9. The number of hydrazine groups is 1. The molecular formula is C26H31F6N3O. The summed E-state index contributed by atoms with van der Waals surface area (Å²) < 4.78 is 83.1. The lowest BCUT2D eigenvalue weighted by molar-refractivity contribution is -0.143. The number of rotatable bonds is 5. The maximum Gasteiger partial charge on any atom is 0.416 e. The predicted octanol–water partition coefficient (Wildman–Crippen LogP) is 7.21. The van der Waals surface area contributed by atoms with Crippen LogP contribution in [0.3, 0.4) is 0 Å². The van der Waals surface area contributed by atoms with Crippen molar-refractivity contribution >= 4 is 5.91 Å². The quantitative estimate of drug-likeness (QED) is 0.427. The van der Waals surface area contributed by atoms with Gasteiger partial charge in [0, 0.05) is 31.0 Å². The van der Waals surface area contributed by atoms with Crippen LogP contribution in [0.1, 0.15) is 78.5 Å². The van der Waals surface area contributed by atoms with Gasteiger partial charge in [-0.25, -0.2) is 5.01 Å². The van der Waals surface area contributed by atoms with Crippen LogP contribution < -0.4 is 5.43 Å². The molecule has 4 nitrogen and oxygen atoms in total. The fourth-order valence-electron chi connectivity index (χ4n) is 5.29. The van der Waals surface area contributed by atoms with Crippen molar-refractivity contribution in [3.8, 4) is 11.3 Å². The van der Waals surface area contributed by atoms with Crippen LogP contribution in [0.2, 0.25) is 0 Å². The van der Waals surface area contributed by atoms with E-state index in [4.69, 9.17) is 0 Å². The molecule has 36 heavy (non-hydrogen) atoms. The number of alkyl halides is 6. The average Bonchev–Trinajstić information content (AvgIpc) is 3.15. The van der Waals surface area contributed by atoms with Gasteiger partial charge in [-0.3, -0.25) is 10.2 Å². The van der Waals surface area contributed by atoms with Crippen LogP contribution in [0, 0.1) is 12.8 Å². The average molecular weight is 516 g/mol. The Hall–Kier alpha value is -2.49. The van der Waals surface area contributed by atoms with Crippen LogP contribution in [0.4, 0.5) is 26.3 Å². The van der Waals surface area contributed by atoms with Gasteiger partial charge in [0.15, 0.2) is 0 Å². The van der Waals surface area contributed by atoms with Crippen molar-refractivity contribution in [1.82, 2.24) is 15.0 Å². The van der Waals surface area contributed by atoms with Gasteiger partial charge < -0.3 is 4.57 Å². The molecule has 1 saturated heterocycles. The van der Waals surface area contributed by atoms with Crippen molar-refractivity contribution in [1.29, 1.82) is 0 Å². The highest BCUT2D eigenvalue weighted by Crippen LogP contribution is 2.40. The van der Waals surface area contributed by atoms with Crippen molar-refractivity contribution in [2.24, 2.45) is 5.92 Å². The van der Waals surface area contributed by atoms with Gasteiger partial charge in [0.1, 0.15) is 0 Å². The number of nitrogens with one attached hydrogen (secondary N) is 1. The molecule has 1 amide bonds. The number of halogens is 6. The Bertz CT molecular complexity index is 1040. The van der Waals surface area contributed by atoms with Gasteiger partial charge in [0.2, 0.25) is 0 Å². The van der Waals surface area contributed by atoms with Crippen LogP contribution in [-0.4, -0.2) is 28.6 Å². The van der Waals surface area contributed by atoms with Gasteiger partial charge in [-0.1, -0.05) is 25.7 Å². The van der Waals surface area contributed by atoms with E-state index in [9.17, 15) is 31.1 Å². The topological polar surface area (TPSA) is 37.3 Å². The molecule has 1 aliphatic heterocycles. The second-order valence-electron chi connectivity index (χ2n) is 9.93. The molecule has 1 saturated carbocycles. The van der Waals surface area contributed by atoms with Crippen molar-refractivity contribution in [2.75, 3.05) is 13.1 Å². The van der Waals surface area contributed by atoms with Crippen LogP contribution in [0.5, 0.6) is 0 Å². The van der Waals surface area contributed by atoms with E-state index in [1.54, 1.807) is 11.5 Å². The van der Waals surface area contributed by atoms with Crippen LogP contribution in [0.25, 0.3) is 11.3 Å². The summed E-state index contributed by atoms with van der Waals surface area (Å²) in [6.45, 7) is 3.54. The lowest BCUT2D eigenvalue weighted by Crippen LogP contribution is -2.45. The summed E-state index contributed by atoms with van der Waals surface area (Å²) in [7, 11) is 0. The lowest BCUT2D eigenvalue weighted by atomic mass is 9.89. The van der Waals surface area contributed by atoms with Crippen LogP contribution in [0.15, 0.2) is 24.3 Å². The number of benzene rings is 1. The molecule has 2 heterocycles. The summed E-state index contributed by atoms with van der Waals surface area (Å²) in [4.78, 5) is 13.1. The highest BCUT2D eigenvalue weighted by Gasteiger charge is 2.37. The molecular weight excluding hydrogens is 484 g/mol. The van der Waals surface area contributed by atoms with Gasteiger partial charge in [0.25, 0.3) is 5.91 Å². The Labute approximate surface area is 206 Å². The fourth-order valence-corrected chi connectivity index (χ4v) is 5.29. The minimum atomic E-state index is -4.94. The normalized spacial score (nSPS) is 18.4. The molecule has 0 spiro atoms. The molecule has 2 aromatic rings. The third kappa shape index (κ3) is 6.07. The Kier molecular flexibility index (Phi) is 7.73. The largest absolute Gasteiger partial charge is 0.416 e. The third-order valence-electron chi connectivity index (χ3n) is 7.28. The number of nitrogens with zero attached hydrogens (tertiary/aromatic N) is 2. The molecule has 1 aromatic carbocycles. The molecule has 4 rings (SSSR count). The van der Waals surface area contributed by atoms with Gasteiger partial charge in [-0.15, -0.1) is 0 Å². The van der Waals surface area contributed by atoms with E-state index < -0.39 is 29.4 Å². The molecule has 0 radical (unpaired) electrons. The van der Waals surface area contributed by atoms with Gasteiger partial charge in [-0.05, 0) is 68.4 Å². The summed E-state index contributed by atoms with van der Waals surface area (Å²) in [5.41, 5.74) is 0.924. The number of amides is 1. The number of piperidine rings is 1. The first kappa shape index (κ1) is 26.6. The van der Waals surface area contributed by atoms with E-state index in [0.717, 1.165) is 63.5 Å². The molecule has 198 valence electrons. The van der Waals surface area contributed by atoms with Gasteiger partial charge >= 0.3 is 12.4 Å². The summed E-state index contributed by atoms with van der Waals surface area (Å²) in [6.07, 6.45) is -1.89. The van der Waals surface area contributed by atoms with Crippen molar-refractivity contribution < 1.29 is 31.1 Å². The highest BCUT2D eigenvalue weighted by molar-refractivity contribution is 5.96. The maximum atomic E-state index is 13.6. The minimum absolute atomic E-state index is 0.134. The van der Waals surface area contributed by atoms with E-state index in [1.807, 2.05) is 5.01 Å². The Balaban J connectivity index is 1.79. The fraction of sp³-hybridized carbons (Fsp3) is 0.577. The van der Waals surface area contributed by atoms with Crippen LogP contribution in [-0.2, 0) is 18.9 Å². The SMILES string of the molecule is Cc1c(C(=O)NN2CCCCC2)cc(-c2cc(C(F)(F)F)cc(C(F)(F)F)c2)n1CC1CCCCC1. The van der Waals surface area contributed by atoms with E-state index in [2.05, 4.69) is 5.43 Å². The van der Waals surface area contributed by atoms with Crippen molar-refractivity contribution in [2.45, 2.75) is 77.2 Å². The molecule has 10 heteroatoms. The standard InChI is InChI=1S/C26H31F6N3O/c1-17-22(24(36)33-34-10-6-3-7-11-34)15-23(35(17)16-18-8-4-2-5-9-18)19-12-20(25(27,28)29)14-21(13-19)26(30,31)32/h12-15,18H,2-11,16H2,1H3,(H,33,36). The summed E-state index contributed by atoms with van der Waals surface area (Å²) in [5.74, 6) is -0.157. The van der Waals surface area contributed by atoms with E-state index in [-0.39, 0.29) is 28.8 Å². The molecule has 0 unspecified atom stereocenters. The summed E-state index contributed by atoms with van der Waals surface area (Å²) in [5, 5.41) is 1.81. The Morgan fingerprint density at radius 3 is 1.97 bits per heavy atom. The molecule has 0 atom stereocenters. The number of carbonyl (C=O) groups is 1. The Morgan fingerprint density at radius 2 is 1.42 bits per heavy atom. The first-order valence-electron chi connectivity index (χ1n) is 12.5.